The Balaban J connectivity index is 1.68. The third-order valence-corrected chi connectivity index (χ3v) is 5.59. The Labute approximate surface area is 143 Å². The highest BCUT2D eigenvalue weighted by Crippen LogP contribution is 2.19. The lowest BCUT2D eigenvalue weighted by Gasteiger charge is -2.12. The summed E-state index contributed by atoms with van der Waals surface area (Å²) in [5.41, 5.74) is -0.282. The van der Waals surface area contributed by atoms with E-state index < -0.39 is 27.6 Å². The van der Waals surface area contributed by atoms with E-state index in [1.807, 2.05) is 0 Å². The van der Waals surface area contributed by atoms with Crippen LogP contribution in [0.1, 0.15) is 12.8 Å². The molecule has 0 bridgehead atoms. The zero-order valence-corrected chi connectivity index (χ0v) is 14.0. The van der Waals surface area contributed by atoms with Crippen molar-refractivity contribution in [1.82, 2.24) is 13.9 Å². The van der Waals surface area contributed by atoms with Crippen molar-refractivity contribution in [1.29, 1.82) is 0 Å². The molecule has 0 spiro atoms. The molecular formula is C15H16F2N4O3S. The minimum absolute atomic E-state index is 0.140. The lowest BCUT2D eigenvalue weighted by atomic mass is 10.3. The van der Waals surface area contributed by atoms with Gasteiger partial charge in [0.2, 0.25) is 5.91 Å². The predicted octanol–water partition coefficient (Wildman–Crippen LogP) is 1.58. The molecule has 1 fully saturated rings. The number of imidazole rings is 1. The number of rotatable bonds is 5. The lowest BCUT2D eigenvalue weighted by Crippen LogP contribution is -2.28. The zero-order valence-electron chi connectivity index (χ0n) is 13.2. The molecule has 0 aliphatic carbocycles. The summed E-state index contributed by atoms with van der Waals surface area (Å²) in [6, 6.07) is 2.71. The monoisotopic (exact) mass is 370 g/mol. The van der Waals surface area contributed by atoms with Crippen molar-refractivity contribution in [2.75, 3.05) is 18.4 Å². The molecule has 7 nitrogen and oxygen atoms in total. The molecule has 3 rings (SSSR count). The zero-order chi connectivity index (χ0) is 18.0. The summed E-state index contributed by atoms with van der Waals surface area (Å²) >= 11 is 0. The third kappa shape index (κ3) is 3.85. The average molecular weight is 370 g/mol. The standard InChI is InChI=1S/C15H16F2N4O3S/c16-11-3-4-12(17)13(7-11)19-14(22)8-20-9-15(18-10-20)25(23,24)21-5-1-2-6-21/h3-4,7,9-10H,1-2,5-6,8H2,(H,19,22). The number of amides is 1. The first-order valence-electron chi connectivity index (χ1n) is 7.63. The van der Waals surface area contributed by atoms with E-state index in [-0.39, 0.29) is 17.3 Å². The Morgan fingerprint density at radius 3 is 2.68 bits per heavy atom. The number of carbonyl (C=O) groups excluding carboxylic acids is 1. The van der Waals surface area contributed by atoms with Crippen LogP contribution in [0.2, 0.25) is 0 Å². The molecule has 1 aliphatic rings. The minimum atomic E-state index is -3.66. The smallest absolute Gasteiger partial charge is 0.262 e. The molecule has 1 aromatic heterocycles. The number of hydrogen-bond donors (Lipinski definition) is 1. The molecule has 1 N–H and O–H groups in total. The van der Waals surface area contributed by atoms with Gasteiger partial charge in [0.15, 0.2) is 5.03 Å². The summed E-state index contributed by atoms with van der Waals surface area (Å²) in [5.74, 6) is -2.08. The quantitative estimate of drug-likeness (QED) is 0.866. The Morgan fingerprint density at radius 2 is 1.96 bits per heavy atom. The summed E-state index contributed by atoms with van der Waals surface area (Å²) in [5, 5.41) is 2.10. The van der Waals surface area contributed by atoms with Gasteiger partial charge in [-0.15, -0.1) is 0 Å². The lowest BCUT2D eigenvalue weighted by molar-refractivity contribution is -0.116. The highest BCUT2D eigenvalue weighted by Gasteiger charge is 2.29. The van der Waals surface area contributed by atoms with E-state index in [1.54, 1.807) is 0 Å². The second kappa shape index (κ2) is 6.89. The van der Waals surface area contributed by atoms with Crippen LogP contribution in [0.25, 0.3) is 0 Å². The predicted molar refractivity (Wildman–Crippen MR) is 85.2 cm³/mol. The van der Waals surface area contributed by atoms with E-state index in [9.17, 15) is 22.0 Å². The highest BCUT2D eigenvalue weighted by molar-refractivity contribution is 7.89. The number of nitrogens with zero attached hydrogens (tertiary/aromatic N) is 3. The van der Waals surface area contributed by atoms with Crippen molar-refractivity contribution >= 4 is 21.6 Å². The molecule has 1 aliphatic heterocycles. The molecule has 10 heteroatoms. The first kappa shape index (κ1) is 17.5. The minimum Gasteiger partial charge on any atom is -0.327 e. The first-order chi connectivity index (χ1) is 11.9. The van der Waals surface area contributed by atoms with Crippen molar-refractivity contribution in [2.45, 2.75) is 24.4 Å². The van der Waals surface area contributed by atoms with E-state index in [4.69, 9.17) is 0 Å². The normalized spacial score (nSPS) is 15.4. The molecule has 2 heterocycles. The van der Waals surface area contributed by atoms with Crippen LogP contribution in [0, 0.1) is 11.6 Å². The Morgan fingerprint density at radius 1 is 1.24 bits per heavy atom. The van der Waals surface area contributed by atoms with E-state index in [1.165, 1.54) is 21.4 Å². The maximum Gasteiger partial charge on any atom is 0.262 e. The van der Waals surface area contributed by atoms with Gasteiger partial charge in [-0.2, -0.15) is 4.31 Å². The molecule has 0 unspecified atom stereocenters. The number of aromatic nitrogens is 2. The van der Waals surface area contributed by atoms with Crippen molar-refractivity contribution in [3.63, 3.8) is 0 Å². The molecular weight excluding hydrogens is 354 g/mol. The summed E-state index contributed by atoms with van der Waals surface area (Å²) in [4.78, 5) is 15.8. The molecule has 2 aromatic rings. The third-order valence-electron chi connectivity index (χ3n) is 3.81. The van der Waals surface area contributed by atoms with Gasteiger partial charge in [-0.1, -0.05) is 0 Å². The number of nitrogens with one attached hydrogen (secondary N) is 1. The van der Waals surface area contributed by atoms with Gasteiger partial charge in [-0.25, -0.2) is 22.2 Å². The average Bonchev–Trinajstić information content (AvgIpc) is 3.22. The molecule has 0 saturated carbocycles. The first-order valence-corrected chi connectivity index (χ1v) is 9.07. The molecule has 134 valence electrons. The Kier molecular flexibility index (Phi) is 4.82. The van der Waals surface area contributed by atoms with Crippen molar-refractivity contribution in [3.05, 3.63) is 42.4 Å². The van der Waals surface area contributed by atoms with Gasteiger partial charge in [0, 0.05) is 25.4 Å². The number of sulfonamides is 1. The van der Waals surface area contributed by atoms with Gasteiger partial charge in [-0.05, 0) is 25.0 Å². The Bertz CT molecular complexity index is 892. The van der Waals surface area contributed by atoms with Crippen LogP contribution < -0.4 is 5.32 Å². The summed E-state index contributed by atoms with van der Waals surface area (Å²) < 4.78 is 54.0. The van der Waals surface area contributed by atoms with Crippen molar-refractivity contribution in [3.8, 4) is 0 Å². The second-order valence-electron chi connectivity index (χ2n) is 5.67. The topological polar surface area (TPSA) is 84.3 Å². The van der Waals surface area contributed by atoms with E-state index in [0.29, 0.717) is 13.1 Å². The molecule has 0 radical (unpaired) electrons. The van der Waals surface area contributed by atoms with Crippen LogP contribution in [0.5, 0.6) is 0 Å². The highest BCUT2D eigenvalue weighted by atomic mass is 32.2. The number of carbonyl (C=O) groups is 1. The van der Waals surface area contributed by atoms with Crippen LogP contribution in [0.15, 0.2) is 35.7 Å². The van der Waals surface area contributed by atoms with Gasteiger partial charge in [0.25, 0.3) is 10.0 Å². The van der Waals surface area contributed by atoms with Gasteiger partial charge in [0.1, 0.15) is 18.2 Å². The summed E-state index contributed by atoms with van der Waals surface area (Å²) in [6.07, 6.45) is 4.07. The summed E-state index contributed by atoms with van der Waals surface area (Å²) in [7, 11) is -3.66. The molecule has 25 heavy (non-hydrogen) atoms. The summed E-state index contributed by atoms with van der Waals surface area (Å²) in [6.45, 7) is 0.627. The van der Waals surface area contributed by atoms with Gasteiger partial charge < -0.3 is 9.88 Å². The van der Waals surface area contributed by atoms with E-state index >= 15 is 0 Å². The van der Waals surface area contributed by atoms with Gasteiger partial charge in [-0.3, -0.25) is 4.79 Å². The van der Waals surface area contributed by atoms with E-state index in [0.717, 1.165) is 31.0 Å². The Hall–Kier alpha value is -2.33. The van der Waals surface area contributed by atoms with Gasteiger partial charge >= 0.3 is 0 Å². The number of hydrogen-bond acceptors (Lipinski definition) is 4. The van der Waals surface area contributed by atoms with Crippen LogP contribution in [-0.2, 0) is 21.4 Å². The molecule has 1 saturated heterocycles. The number of halogens is 2. The van der Waals surface area contributed by atoms with Gasteiger partial charge in [0.05, 0.1) is 12.0 Å². The largest absolute Gasteiger partial charge is 0.327 e. The van der Waals surface area contributed by atoms with Crippen LogP contribution in [-0.4, -0.2) is 41.3 Å². The fourth-order valence-electron chi connectivity index (χ4n) is 2.57. The molecule has 1 amide bonds. The number of anilines is 1. The fourth-order valence-corrected chi connectivity index (χ4v) is 4.02. The maximum atomic E-state index is 13.5. The van der Waals surface area contributed by atoms with Crippen LogP contribution >= 0.6 is 0 Å². The van der Waals surface area contributed by atoms with Crippen molar-refractivity contribution < 1.29 is 22.0 Å². The molecule has 0 atom stereocenters. The van der Waals surface area contributed by atoms with Crippen LogP contribution in [0.3, 0.4) is 0 Å². The van der Waals surface area contributed by atoms with E-state index in [2.05, 4.69) is 10.3 Å². The SMILES string of the molecule is O=C(Cn1cnc(S(=O)(=O)N2CCCC2)c1)Nc1cc(F)ccc1F. The van der Waals surface area contributed by atoms with Crippen molar-refractivity contribution in [2.24, 2.45) is 0 Å². The molecule has 1 aromatic carbocycles. The second-order valence-corrected chi connectivity index (χ2v) is 7.55. The maximum absolute atomic E-state index is 13.5. The number of benzene rings is 1. The van der Waals surface area contributed by atoms with Crippen LogP contribution in [0.4, 0.5) is 14.5 Å². The fraction of sp³-hybridized carbons (Fsp3) is 0.333.